The molecule has 0 unspecified atom stereocenters. The highest BCUT2D eigenvalue weighted by Gasteiger charge is 2.20. The van der Waals surface area contributed by atoms with E-state index in [1.165, 1.54) is 6.33 Å². The van der Waals surface area contributed by atoms with E-state index >= 15 is 0 Å². The average molecular weight is 274 g/mol. The van der Waals surface area contributed by atoms with Gasteiger partial charge in [-0.3, -0.25) is 4.79 Å². The van der Waals surface area contributed by atoms with Crippen LogP contribution in [0.15, 0.2) is 12.7 Å². The monoisotopic (exact) mass is 274 g/mol. The number of likely N-dealkylation sites (tertiary alicyclic amines) is 1. The number of fused-ring (bicyclic) bond motifs is 1. The third-order valence-corrected chi connectivity index (χ3v) is 3.84. The van der Waals surface area contributed by atoms with Crippen LogP contribution in [-0.2, 0) is 4.79 Å². The summed E-state index contributed by atoms with van der Waals surface area (Å²) in [6.45, 7) is 4.20. The van der Waals surface area contributed by atoms with Crippen LogP contribution in [0.5, 0.6) is 0 Å². The van der Waals surface area contributed by atoms with Gasteiger partial charge in [0.15, 0.2) is 11.5 Å². The number of hydrogen-bond donors (Lipinski definition) is 2. The summed E-state index contributed by atoms with van der Waals surface area (Å²) in [5, 5.41) is 3.36. The molecule has 20 heavy (non-hydrogen) atoms. The summed E-state index contributed by atoms with van der Waals surface area (Å²) in [5.74, 6) is 1.53. The minimum absolute atomic E-state index is 0.173. The first-order valence-corrected chi connectivity index (χ1v) is 6.87. The minimum atomic E-state index is 0.173. The molecule has 0 atom stereocenters. The molecule has 1 saturated heterocycles. The Labute approximate surface area is 116 Å². The quantitative estimate of drug-likeness (QED) is 0.872. The minimum Gasteiger partial charge on any atom is -0.368 e. The van der Waals surface area contributed by atoms with E-state index in [0.29, 0.717) is 11.6 Å². The lowest BCUT2D eigenvalue weighted by molar-refractivity contribution is -0.130. The molecule has 1 fully saturated rings. The normalized spacial score (nSPS) is 16.6. The van der Waals surface area contributed by atoms with Gasteiger partial charge >= 0.3 is 0 Å². The molecule has 1 aliphatic rings. The Morgan fingerprint density at radius 2 is 2.20 bits per heavy atom. The fraction of sp³-hybridized carbons (Fsp3) is 0.538. The zero-order valence-corrected chi connectivity index (χ0v) is 11.5. The van der Waals surface area contributed by atoms with E-state index in [-0.39, 0.29) is 5.91 Å². The lowest BCUT2D eigenvalue weighted by atomic mass is 9.97. The molecule has 7 nitrogen and oxygen atoms in total. The number of aromatic amines is 1. The molecule has 0 saturated carbocycles. The van der Waals surface area contributed by atoms with Crippen LogP contribution >= 0.6 is 0 Å². The van der Waals surface area contributed by atoms with Crippen molar-refractivity contribution < 1.29 is 4.79 Å². The summed E-state index contributed by atoms with van der Waals surface area (Å²) >= 11 is 0. The highest BCUT2D eigenvalue weighted by atomic mass is 16.2. The lowest BCUT2D eigenvalue weighted by Crippen LogP contribution is -2.38. The Morgan fingerprint density at radius 3 is 2.95 bits per heavy atom. The topological polar surface area (TPSA) is 86.8 Å². The number of rotatable bonds is 3. The molecule has 106 valence electrons. The Balaban J connectivity index is 1.58. The van der Waals surface area contributed by atoms with Gasteiger partial charge in [-0.2, -0.15) is 0 Å². The summed E-state index contributed by atoms with van der Waals surface area (Å²) in [4.78, 5) is 28.7. The fourth-order valence-electron chi connectivity index (χ4n) is 2.59. The van der Waals surface area contributed by atoms with Gasteiger partial charge in [0, 0.05) is 26.6 Å². The van der Waals surface area contributed by atoms with Crippen molar-refractivity contribution in [3.63, 3.8) is 0 Å². The van der Waals surface area contributed by atoms with Gasteiger partial charge in [-0.1, -0.05) is 0 Å². The van der Waals surface area contributed by atoms with Crippen LogP contribution in [0, 0.1) is 5.92 Å². The van der Waals surface area contributed by atoms with Crippen LogP contribution in [-0.4, -0.2) is 50.4 Å². The van der Waals surface area contributed by atoms with Gasteiger partial charge in [-0.15, -0.1) is 0 Å². The highest BCUT2D eigenvalue weighted by molar-refractivity contribution is 5.81. The molecule has 7 heteroatoms. The summed E-state index contributed by atoms with van der Waals surface area (Å²) in [6.07, 6.45) is 5.20. The van der Waals surface area contributed by atoms with E-state index in [1.54, 1.807) is 13.3 Å². The summed E-state index contributed by atoms with van der Waals surface area (Å²) in [7, 11) is 0. The smallest absolute Gasteiger partial charge is 0.219 e. The first kappa shape index (κ1) is 12.8. The molecule has 3 heterocycles. The van der Waals surface area contributed by atoms with E-state index in [0.717, 1.165) is 43.8 Å². The molecule has 3 rings (SSSR count). The zero-order valence-electron chi connectivity index (χ0n) is 11.5. The molecule has 1 aliphatic heterocycles. The van der Waals surface area contributed by atoms with Crippen molar-refractivity contribution in [1.29, 1.82) is 0 Å². The number of piperidine rings is 1. The standard InChI is InChI=1S/C13H18N6O/c1-9(20)19-4-2-10(3-5-19)6-14-12-11-13(16-7-15-11)18-8-17-12/h7-8,10H,2-6H2,1H3,(H2,14,15,16,17,18). The summed E-state index contributed by atoms with van der Waals surface area (Å²) < 4.78 is 0. The van der Waals surface area contributed by atoms with Crippen molar-refractivity contribution in [3.8, 4) is 0 Å². The lowest BCUT2D eigenvalue weighted by Gasteiger charge is -2.31. The van der Waals surface area contributed by atoms with Crippen LogP contribution in [0.25, 0.3) is 11.2 Å². The van der Waals surface area contributed by atoms with Crippen LogP contribution in [0.1, 0.15) is 19.8 Å². The van der Waals surface area contributed by atoms with E-state index < -0.39 is 0 Å². The van der Waals surface area contributed by atoms with Gasteiger partial charge < -0.3 is 15.2 Å². The van der Waals surface area contributed by atoms with Gasteiger partial charge in [-0.05, 0) is 18.8 Å². The predicted molar refractivity (Wildman–Crippen MR) is 75.2 cm³/mol. The first-order valence-electron chi connectivity index (χ1n) is 6.87. The molecular weight excluding hydrogens is 256 g/mol. The predicted octanol–water partition coefficient (Wildman–Crippen LogP) is 1.02. The number of amides is 1. The number of anilines is 1. The third-order valence-electron chi connectivity index (χ3n) is 3.84. The Bertz CT molecular complexity index is 602. The maximum Gasteiger partial charge on any atom is 0.219 e. The van der Waals surface area contributed by atoms with Crippen molar-refractivity contribution in [2.75, 3.05) is 25.0 Å². The molecule has 0 radical (unpaired) electrons. The Morgan fingerprint density at radius 1 is 1.40 bits per heavy atom. The molecule has 2 aromatic heterocycles. The van der Waals surface area contributed by atoms with E-state index in [9.17, 15) is 4.79 Å². The number of nitrogens with zero attached hydrogens (tertiary/aromatic N) is 4. The molecule has 2 N–H and O–H groups in total. The molecular formula is C13H18N6O. The van der Waals surface area contributed by atoms with Gasteiger partial charge in [0.1, 0.15) is 11.8 Å². The largest absolute Gasteiger partial charge is 0.368 e. The maximum absolute atomic E-state index is 11.3. The first-order chi connectivity index (χ1) is 9.74. The van der Waals surface area contributed by atoms with Gasteiger partial charge in [0.25, 0.3) is 0 Å². The van der Waals surface area contributed by atoms with Crippen molar-refractivity contribution in [1.82, 2.24) is 24.8 Å². The van der Waals surface area contributed by atoms with Crippen LogP contribution in [0.3, 0.4) is 0 Å². The van der Waals surface area contributed by atoms with E-state index in [4.69, 9.17) is 0 Å². The molecule has 1 amide bonds. The Hall–Kier alpha value is -2.18. The van der Waals surface area contributed by atoms with Crippen molar-refractivity contribution in [2.45, 2.75) is 19.8 Å². The molecule has 0 bridgehead atoms. The van der Waals surface area contributed by atoms with Crippen LogP contribution in [0.2, 0.25) is 0 Å². The summed E-state index contributed by atoms with van der Waals surface area (Å²) in [5.41, 5.74) is 1.52. The van der Waals surface area contributed by atoms with E-state index in [1.807, 2.05) is 4.90 Å². The third kappa shape index (κ3) is 2.56. The van der Waals surface area contributed by atoms with Crippen molar-refractivity contribution >= 4 is 22.9 Å². The fourth-order valence-corrected chi connectivity index (χ4v) is 2.59. The Kier molecular flexibility index (Phi) is 3.49. The number of carbonyl (C=O) groups is 1. The van der Waals surface area contributed by atoms with Crippen LogP contribution < -0.4 is 5.32 Å². The number of carbonyl (C=O) groups excluding carboxylic acids is 1. The highest BCUT2D eigenvalue weighted by Crippen LogP contribution is 2.19. The maximum atomic E-state index is 11.3. The van der Waals surface area contributed by atoms with Gasteiger partial charge in [-0.25, -0.2) is 15.0 Å². The van der Waals surface area contributed by atoms with Crippen LogP contribution in [0.4, 0.5) is 5.82 Å². The second kappa shape index (κ2) is 5.44. The second-order valence-corrected chi connectivity index (χ2v) is 5.15. The van der Waals surface area contributed by atoms with E-state index in [2.05, 4.69) is 25.3 Å². The van der Waals surface area contributed by atoms with Crippen molar-refractivity contribution in [3.05, 3.63) is 12.7 Å². The SMILES string of the molecule is CC(=O)N1CCC(CNc2ncnc3nc[nH]c23)CC1. The van der Waals surface area contributed by atoms with Crippen molar-refractivity contribution in [2.24, 2.45) is 5.92 Å². The molecule has 0 spiro atoms. The van der Waals surface area contributed by atoms with Gasteiger partial charge in [0.05, 0.1) is 6.33 Å². The number of H-pyrrole nitrogens is 1. The molecule has 0 aliphatic carbocycles. The average Bonchev–Trinajstić information content (AvgIpc) is 2.94. The van der Waals surface area contributed by atoms with Gasteiger partial charge in [0.2, 0.25) is 5.91 Å². The number of aromatic nitrogens is 4. The molecule has 2 aromatic rings. The number of nitrogens with one attached hydrogen (secondary N) is 2. The number of hydrogen-bond acceptors (Lipinski definition) is 5. The zero-order chi connectivity index (χ0) is 13.9. The summed E-state index contributed by atoms with van der Waals surface area (Å²) in [6, 6.07) is 0. The second-order valence-electron chi connectivity index (χ2n) is 5.15. The number of imidazole rings is 1. The molecule has 0 aromatic carbocycles.